The molecule has 0 saturated carbocycles. The van der Waals surface area contributed by atoms with Crippen molar-refractivity contribution in [2.45, 2.75) is 0 Å². The van der Waals surface area contributed by atoms with Crippen LogP contribution < -0.4 is 14.8 Å². The fraction of sp³-hybridized carbons (Fsp3) is 0.0833. The van der Waals surface area contributed by atoms with E-state index in [0.717, 1.165) is 12.1 Å². The van der Waals surface area contributed by atoms with E-state index < -0.39 is 17.5 Å². The number of para-hydroxylation sites is 1. The molecule has 1 N–H and O–H groups in total. The van der Waals surface area contributed by atoms with E-state index in [4.69, 9.17) is 9.47 Å². The number of anilines is 1. The molecule has 0 radical (unpaired) electrons. The third-order valence-electron chi connectivity index (χ3n) is 4.82. The molecule has 1 heterocycles. The van der Waals surface area contributed by atoms with Gasteiger partial charge in [0.05, 0.1) is 36.7 Å². The molecule has 1 aromatic heterocycles. The Hall–Kier alpha value is -4.00. The molecule has 3 aromatic carbocycles. The SMILES string of the molecule is COc1ccc(-c2cc(C(=O)Nc3ccc(F)cc3F)c3ccccc3n2)cc1OC. The molecule has 156 valence electrons. The Bertz CT molecular complexity index is 1290. The summed E-state index contributed by atoms with van der Waals surface area (Å²) in [5.41, 5.74) is 2.04. The van der Waals surface area contributed by atoms with Gasteiger partial charge in [0.25, 0.3) is 5.91 Å². The van der Waals surface area contributed by atoms with Crippen LogP contribution in [0.4, 0.5) is 14.5 Å². The van der Waals surface area contributed by atoms with Crippen LogP contribution in [0, 0.1) is 11.6 Å². The van der Waals surface area contributed by atoms with Gasteiger partial charge in [0.1, 0.15) is 11.6 Å². The topological polar surface area (TPSA) is 60.5 Å². The second-order valence-corrected chi connectivity index (χ2v) is 6.72. The average molecular weight is 420 g/mol. The van der Waals surface area contributed by atoms with E-state index >= 15 is 0 Å². The summed E-state index contributed by atoms with van der Waals surface area (Å²) < 4.78 is 37.9. The highest BCUT2D eigenvalue weighted by Crippen LogP contribution is 2.33. The summed E-state index contributed by atoms with van der Waals surface area (Å²) in [6.45, 7) is 0. The molecule has 31 heavy (non-hydrogen) atoms. The molecule has 0 atom stereocenters. The van der Waals surface area contributed by atoms with Gasteiger partial charge in [-0.25, -0.2) is 13.8 Å². The zero-order valence-electron chi connectivity index (χ0n) is 16.8. The Morgan fingerprint density at radius 2 is 1.68 bits per heavy atom. The summed E-state index contributed by atoms with van der Waals surface area (Å²) >= 11 is 0. The zero-order valence-corrected chi connectivity index (χ0v) is 16.8. The highest BCUT2D eigenvalue weighted by Gasteiger charge is 2.17. The Labute approximate surface area is 177 Å². The lowest BCUT2D eigenvalue weighted by atomic mass is 10.0. The molecule has 0 fully saturated rings. The minimum absolute atomic E-state index is 0.111. The van der Waals surface area contributed by atoms with Gasteiger partial charge in [0, 0.05) is 17.0 Å². The monoisotopic (exact) mass is 420 g/mol. The molecule has 5 nitrogen and oxygen atoms in total. The van der Waals surface area contributed by atoms with Crippen molar-refractivity contribution in [3.8, 4) is 22.8 Å². The average Bonchev–Trinajstić information content (AvgIpc) is 2.79. The third kappa shape index (κ3) is 4.02. The van der Waals surface area contributed by atoms with Gasteiger partial charge >= 0.3 is 0 Å². The number of aromatic nitrogens is 1. The summed E-state index contributed by atoms with van der Waals surface area (Å²) in [6, 6.07) is 17.1. The number of nitrogens with zero attached hydrogens (tertiary/aromatic N) is 1. The van der Waals surface area contributed by atoms with Crippen molar-refractivity contribution in [3.63, 3.8) is 0 Å². The highest BCUT2D eigenvalue weighted by molar-refractivity contribution is 6.13. The maximum absolute atomic E-state index is 14.0. The minimum Gasteiger partial charge on any atom is -0.493 e. The fourth-order valence-corrected chi connectivity index (χ4v) is 3.29. The quantitative estimate of drug-likeness (QED) is 0.466. The molecule has 0 unspecified atom stereocenters. The van der Waals surface area contributed by atoms with Crippen molar-refractivity contribution < 1.29 is 23.0 Å². The molecule has 0 spiro atoms. The number of carbonyl (C=O) groups is 1. The Balaban J connectivity index is 1.81. The number of ether oxygens (including phenoxy) is 2. The molecule has 0 aliphatic heterocycles. The first kappa shape index (κ1) is 20.3. The number of carbonyl (C=O) groups excluding carboxylic acids is 1. The normalized spacial score (nSPS) is 10.7. The number of methoxy groups -OCH3 is 2. The lowest BCUT2D eigenvalue weighted by molar-refractivity contribution is 0.102. The van der Waals surface area contributed by atoms with Gasteiger partial charge in [-0.2, -0.15) is 0 Å². The minimum atomic E-state index is -0.855. The number of amides is 1. The largest absolute Gasteiger partial charge is 0.493 e. The van der Waals surface area contributed by atoms with E-state index in [1.165, 1.54) is 13.2 Å². The Kier molecular flexibility index (Phi) is 5.49. The maximum atomic E-state index is 14.0. The van der Waals surface area contributed by atoms with Crippen molar-refractivity contribution in [2.75, 3.05) is 19.5 Å². The van der Waals surface area contributed by atoms with Crippen LogP contribution in [0.5, 0.6) is 11.5 Å². The number of pyridine rings is 1. The Morgan fingerprint density at radius 3 is 2.42 bits per heavy atom. The summed E-state index contributed by atoms with van der Waals surface area (Å²) in [6.07, 6.45) is 0. The molecule has 4 rings (SSSR count). The van der Waals surface area contributed by atoms with E-state index in [-0.39, 0.29) is 5.69 Å². The van der Waals surface area contributed by atoms with E-state index in [2.05, 4.69) is 10.3 Å². The number of hydrogen-bond donors (Lipinski definition) is 1. The van der Waals surface area contributed by atoms with E-state index in [1.54, 1.807) is 49.6 Å². The predicted octanol–water partition coefficient (Wildman–Crippen LogP) is 5.45. The first-order chi connectivity index (χ1) is 15.0. The van der Waals surface area contributed by atoms with Gasteiger partial charge < -0.3 is 14.8 Å². The van der Waals surface area contributed by atoms with Crippen LogP contribution in [0.25, 0.3) is 22.2 Å². The van der Waals surface area contributed by atoms with Crippen molar-refractivity contribution in [2.24, 2.45) is 0 Å². The summed E-state index contributed by atoms with van der Waals surface area (Å²) in [5.74, 6) is -1.02. The molecule has 7 heteroatoms. The first-order valence-corrected chi connectivity index (χ1v) is 9.38. The number of rotatable bonds is 5. The first-order valence-electron chi connectivity index (χ1n) is 9.38. The van der Waals surface area contributed by atoms with Crippen LogP contribution in [0.3, 0.4) is 0 Å². The maximum Gasteiger partial charge on any atom is 0.256 e. The summed E-state index contributed by atoms with van der Waals surface area (Å²) in [5, 5.41) is 3.12. The second kappa shape index (κ2) is 8.39. The number of fused-ring (bicyclic) bond motifs is 1. The number of nitrogens with one attached hydrogen (secondary N) is 1. The number of halogens is 2. The summed E-state index contributed by atoms with van der Waals surface area (Å²) in [4.78, 5) is 17.7. The van der Waals surface area contributed by atoms with E-state index in [1.807, 2.05) is 6.07 Å². The van der Waals surface area contributed by atoms with Crippen LogP contribution in [0.1, 0.15) is 10.4 Å². The van der Waals surface area contributed by atoms with Gasteiger partial charge in [-0.05, 0) is 42.5 Å². The Morgan fingerprint density at radius 1 is 0.903 bits per heavy atom. The van der Waals surface area contributed by atoms with E-state index in [0.29, 0.717) is 39.2 Å². The predicted molar refractivity (Wildman–Crippen MR) is 115 cm³/mol. The van der Waals surface area contributed by atoms with Gasteiger partial charge in [-0.1, -0.05) is 18.2 Å². The van der Waals surface area contributed by atoms with Crippen molar-refractivity contribution >= 4 is 22.5 Å². The molecule has 1 amide bonds. The summed E-state index contributed by atoms with van der Waals surface area (Å²) in [7, 11) is 3.08. The standard InChI is InChI=1S/C24H18F2N2O3/c1-30-22-10-7-14(11-23(22)31-2)21-13-17(16-5-3-4-6-19(16)27-21)24(29)28-20-9-8-15(25)12-18(20)26/h3-13H,1-2H3,(H,28,29). The third-order valence-corrected chi connectivity index (χ3v) is 4.82. The van der Waals surface area contributed by atoms with Crippen LogP contribution >= 0.6 is 0 Å². The second-order valence-electron chi connectivity index (χ2n) is 6.72. The molecule has 0 aliphatic carbocycles. The molecule has 4 aromatic rings. The highest BCUT2D eigenvalue weighted by atomic mass is 19.1. The van der Waals surface area contributed by atoms with Crippen LogP contribution in [-0.2, 0) is 0 Å². The molecule has 0 saturated heterocycles. The van der Waals surface area contributed by atoms with Crippen molar-refractivity contribution in [1.29, 1.82) is 0 Å². The molecular weight excluding hydrogens is 402 g/mol. The van der Waals surface area contributed by atoms with E-state index in [9.17, 15) is 13.6 Å². The van der Waals surface area contributed by atoms with Gasteiger partial charge in [0.2, 0.25) is 0 Å². The number of benzene rings is 3. The van der Waals surface area contributed by atoms with Gasteiger partial charge in [-0.3, -0.25) is 4.79 Å². The molecule has 0 aliphatic rings. The molecule has 0 bridgehead atoms. The number of hydrogen-bond acceptors (Lipinski definition) is 4. The lowest BCUT2D eigenvalue weighted by Crippen LogP contribution is -2.14. The zero-order chi connectivity index (χ0) is 22.0. The smallest absolute Gasteiger partial charge is 0.256 e. The van der Waals surface area contributed by atoms with Crippen LogP contribution in [0.15, 0.2) is 66.7 Å². The molecular formula is C24H18F2N2O3. The van der Waals surface area contributed by atoms with Crippen LogP contribution in [0.2, 0.25) is 0 Å². The van der Waals surface area contributed by atoms with Gasteiger partial charge in [-0.15, -0.1) is 0 Å². The fourth-order valence-electron chi connectivity index (χ4n) is 3.29. The lowest BCUT2D eigenvalue weighted by Gasteiger charge is -2.13. The van der Waals surface area contributed by atoms with Crippen molar-refractivity contribution in [1.82, 2.24) is 4.98 Å². The van der Waals surface area contributed by atoms with Crippen LogP contribution in [-0.4, -0.2) is 25.1 Å². The van der Waals surface area contributed by atoms with Crippen molar-refractivity contribution in [3.05, 3.63) is 83.9 Å². The van der Waals surface area contributed by atoms with Gasteiger partial charge in [0.15, 0.2) is 11.5 Å².